The summed E-state index contributed by atoms with van der Waals surface area (Å²) >= 11 is 1.70. The highest BCUT2D eigenvalue weighted by molar-refractivity contribution is 7.22. The smallest absolute Gasteiger partial charge is 0.251 e. The maximum absolute atomic E-state index is 12.6. The van der Waals surface area contributed by atoms with E-state index in [4.69, 9.17) is 4.98 Å². The molecule has 0 unspecified atom stereocenters. The second-order valence-corrected chi connectivity index (χ2v) is 9.01. The third-order valence-electron chi connectivity index (χ3n) is 5.87. The quantitative estimate of drug-likeness (QED) is 0.517. The van der Waals surface area contributed by atoms with Crippen LogP contribution in [0, 0.1) is 13.8 Å². The first-order chi connectivity index (χ1) is 15.1. The number of nitrogens with one attached hydrogen (secondary N) is 1. The lowest BCUT2D eigenvalue weighted by Gasteiger charge is -2.32. The number of piperidine rings is 1. The van der Waals surface area contributed by atoms with Crippen LogP contribution in [-0.4, -0.2) is 39.8 Å². The van der Waals surface area contributed by atoms with Gasteiger partial charge in [0, 0.05) is 24.7 Å². The largest absolute Gasteiger partial charge is 0.349 e. The van der Waals surface area contributed by atoms with Gasteiger partial charge in [-0.25, -0.2) is 4.68 Å². The monoisotopic (exact) mass is 431 g/mol. The number of nitrogens with zero attached hydrogens (tertiary/aromatic N) is 4. The van der Waals surface area contributed by atoms with E-state index in [-0.39, 0.29) is 11.9 Å². The van der Waals surface area contributed by atoms with Crippen LogP contribution in [0.4, 0.5) is 5.13 Å². The van der Waals surface area contributed by atoms with Crippen molar-refractivity contribution >= 4 is 32.7 Å². The lowest BCUT2D eigenvalue weighted by atomic mass is 10.0. The van der Waals surface area contributed by atoms with Crippen LogP contribution in [0.15, 0.2) is 54.6 Å². The van der Waals surface area contributed by atoms with E-state index in [9.17, 15) is 4.79 Å². The van der Waals surface area contributed by atoms with Gasteiger partial charge in [0.05, 0.1) is 16.1 Å². The van der Waals surface area contributed by atoms with Gasteiger partial charge in [-0.3, -0.25) is 4.79 Å². The van der Waals surface area contributed by atoms with Crippen molar-refractivity contribution in [3.63, 3.8) is 0 Å². The van der Waals surface area contributed by atoms with Crippen LogP contribution in [0.3, 0.4) is 0 Å². The number of hydrogen-bond donors (Lipinski definition) is 1. The Morgan fingerprint density at radius 2 is 1.74 bits per heavy atom. The summed E-state index contributed by atoms with van der Waals surface area (Å²) in [4.78, 5) is 19.9. The predicted octanol–water partition coefficient (Wildman–Crippen LogP) is 4.50. The van der Waals surface area contributed by atoms with Crippen LogP contribution in [0.2, 0.25) is 0 Å². The van der Waals surface area contributed by atoms with Crippen molar-refractivity contribution in [2.24, 2.45) is 0 Å². The number of benzene rings is 2. The molecular formula is C24H25N5OS. The van der Waals surface area contributed by atoms with Crippen LogP contribution in [0.5, 0.6) is 0 Å². The number of carbonyl (C=O) groups excluding carboxylic acids is 1. The average Bonchev–Trinajstić information content (AvgIpc) is 3.36. The highest BCUT2D eigenvalue weighted by atomic mass is 32.1. The van der Waals surface area contributed by atoms with Crippen molar-refractivity contribution < 1.29 is 4.79 Å². The number of rotatable bonds is 4. The van der Waals surface area contributed by atoms with Crippen LogP contribution < -0.4 is 10.2 Å². The van der Waals surface area contributed by atoms with E-state index in [2.05, 4.69) is 15.3 Å². The van der Waals surface area contributed by atoms with E-state index in [1.807, 2.05) is 73.1 Å². The highest BCUT2D eigenvalue weighted by Crippen LogP contribution is 2.33. The molecule has 0 saturated carbocycles. The maximum Gasteiger partial charge on any atom is 0.251 e. The molecule has 1 amide bonds. The predicted molar refractivity (Wildman–Crippen MR) is 125 cm³/mol. The molecule has 2 aromatic heterocycles. The Morgan fingerprint density at radius 3 is 2.48 bits per heavy atom. The van der Waals surface area contributed by atoms with E-state index >= 15 is 0 Å². The summed E-state index contributed by atoms with van der Waals surface area (Å²) in [6, 6.07) is 18.1. The molecule has 3 heterocycles. The van der Waals surface area contributed by atoms with Gasteiger partial charge in [-0.2, -0.15) is 10.1 Å². The minimum absolute atomic E-state index is 0.0233. The van der Waals surface area contributed by atoms with Gasteiger partial charge in [0.1, 0.15) is 0 Å². The summed E-state index contributed by atoms with van der Waals surface area (Å²) in [6.07, 6.45) is 1.83. The fourth-order valence-corrected chi connectivity index (χ4v) is 5.15. The molecule has 0 radical (unpaired) electrons. The Kier molecular flexibility index (Phi) is 5.19. The summed E-state index contributed by atoms with van der Waals surface area (Å²) in [7, 11) is 0. The maximum atomic E-state index is 12.6. The van der Waals surface area contributed by atoms with Gasteiger partial charge in [0.2, 0.25) is 0 Å². The zero-order chi connectivity index (χ0) is 21.4. The van der Waals surface area contributed by atoms with Crippen LogP contribution in [-0.2, 0) is 0 Å². The number of aromatic nitrogens is 3. The topological polar surface area (TPSA) is 63.1 Å². The lowest BCUT2D eigenvalue weighted by Crippen LogP contribution is -2.44. The molecule has 0 spiro atoms. The van der Waals surface area contributed by atoms with Gasteiger partial charge in [-0.05, 0) is 50.5 Å². The van der Waals surface area contributed by atoms with E-state index in [1.54, 1.807) is 11.3 Å². The zero-order valence-electron chi connectivity index (χ0n) is 17.7. The minimum atomic E-state index is 0.0233. The molecule has 158 valence electrons. The SMILES string of the molecule is Cc1ccccc1C(=O)NC1CCN(c2nc3c(s2)c(C)nn3-c2ccccc2)CC1. The van der Waals surface area contributed by atoms with Gasteiger partial charge in [-0.15, -0.1) is 0 Å². The normalized spacial score (nSPS) is 14.8. The molecule has 0 bridgehead atoms. The lowest BCUT2D eigenvalue weighted by molar-refractivity contribution is 0.0930. The molecule has 1 saturated heterocycles. The van der Waals surface area contributed by atoms with E-state index in [0.29, 0.717) is 0 Å². The summed E-state index contributed by atoms with van der Waals surface area (Å²) < 4.78 is 3.06. The first kappa shape index (κ1) is 19.8. The summed E-state index contributed by atoms with van der Waals surface area (Å²) in [5, 5.41) is 8.93. The number of aryl methyl sites for hydroxylation is 2. The highest BCUT2D eigenvalue weighted by Gasteiger charge is 2.25. The van der Waals surface area contributed by atoms with Gasteiger partial charge < -0.3 is 10.2 Å². The Balaban J connectivity index is 1.29. The third kappa shape index (κ3) is 3.81. The number of thiazole rings is 1. The molecule has 1 fully saturated rings. The molecular weight excluding hydrogens is 406 g/mol. The van der Waals surface area contributed by atoms with E-state index < -0.39 is 0 Å². The number of para-hydroxylation sites is 1. The second-order valence-electron chi connectivity index (χ2n) is 8.03. The van der Waals surface area contributed by atoms with Crippen LogP contribution in [0.1, 0.15) is 34.5 Å². The third-order valence-corrected chi connectivity index (χ3v) is 7.08. The first-order valence-corrected chi connectivity index (χ1v) is 11.4. The molecule has 2 aromatic carbocycles. The van der Waals surface area contributed by atoms with E-state index in [1.165, 1.54) is 0 Å². The molecule has 0 atom stereocenters. The Morgan fingerprint density at radius 1 is 1.03 bits per heavy atom. The van der Waals surface area contributed by atoms with Crippen LogP contribution >= 0.6 is 11.3 Å². The number of amides is 1. The minimum Gasteiger partial charge on any atom is -0.349 e. The van der Waals surface area contributed by atoms with Crippen molar-refractivity contribution in [2.75, 3.05) is 18.0 Å². The second kappa shape index (κ2) is 8.15. The van der Waals surface area contributed by atoms with Gasteiger partial charge >= 0.3 is 0 Å². The molecule has 1 N–H and O–H groups in total. The van der Waals surface area contributed by atoms with Crippen molar-refractivity contribution in [1.82, 2.24) is 20.1 Å². The van der Waals surface area contributed by atoms with E-state index in [0.717, 1.165) is 63.9 Å². The fraction of sp³-hybridized carbons (Fsp3) is 0.292. The number of fused-ring (bicyclic) bond motifs is 1. The summed E-state index contributed by atoms with van der Waals surface area (Å²) in [5.74, 6) is 0.0233. The standard InChI is InChI=1S/C24H25N5OS/c1-16-8-6-7-11-20(16)23(30)25-18-12-14-28(15-13-18)24-26-22-21(31-24)17(2)27-29(22)19-9-4-3-5-10-19/h3-11,18H,12-15H2,1-2H3,(H,25,30). The van der Waals surface area contributed by atoms with Gasteiger partial charge in [-0.1, -0.05) is 47.7 Å². The zero-order valence-corrected chi connectivity index (χ0v) is 18.5. The molecule has 31 heavy (non-hydrogen) atoms. The summed E-state index contributed by atoms with van der Waals surface area (Å²) in [6.45, 7) is 5.78. The first-order valence-electron chi connectivity index (χ1n) is 10.6. The Labute approximate surface area is 185 Å². The molecule has 4 aromatic rings. The van der Waals surface area contributed by atoms with Crippen LogP contribution in [0.25, 0.3) is 16.0 Å². The van der Waals surface area contributed by atoms with Crippen molar-refractivity contribution in [2.45, 2.75) is 32.7 Å². The fourth-order valence-electron chi connectivity index (χ4n) is 4.11. The number of anilines is 1. The summed E-state index contributed by atoms with van der Waals surface area (Å²) in [5.41, 5.74) is 4.71. The van der Waals surface area contributed by atoms with Gasteiger partial charge in [0.15, 0.2) is 10.8 Å². The Hall–Kier alpha value is -3.19. The molecule has 7 heteroatoms. The molecule has 0 aliphatic carbocycles. The van der Waals surface area contributed by atoms with Crippen molar-refractivity contribution in [3.8, 4) is 5.69 Å². The Bertz CT molecular complexity index is 1220. The number of hydrogen-bond acceptors (Lipinski definition) is 5. The molecule has 6 nitrogen and oxygen atoms in total. The van der Waals surface area contributed by atoms with Gasteiger partial charge in [0.25, 0.3) is 5.91 Å². The molecule has 1 aliphatic rings. The molecule has 1 aliphatic heterocycles. The van der Waals surface area contributed by atoms with Crippen molar-refractivity contribution in [1.29, 1.82) is 0 Å². The average molecular weight is 432 g/mol. The van der Waals surface area contributed by atoms with Crippen molar-refractivity contribution in [3.05, 3.63) is 71.4 Å². The number of carbonyl (C=O) groups is 1. The molecule has 5 rings (SSSR count).